The zero-order valence-corrected chi connectivity index (χ0v) is 10.5. The van der Waals surface area contributed by atoms with Gasteiger partial charge in [-0.1, -0.05) is 19.1 Å². The van der Waals surface area contributed by atoms with Gasteiger partial charge in [0.25, 0.3) is 0 Å². The predicted octanol–water partition coefficient (Wildman–Crippen LogP) is 2.24. The largest absolute Gasteiger partial charge is 0.492 e. The fraction of sp³-hybridized carbons (Fsp3) is 0.462. The highest BCUT2D eigenvalue weighted by Crippen LogP contribution is 2.27. The van der Waals surface area contributed by atoms with Gasteiger partial charge in [0, 0.05) is 13.6 Å². The molecule has 0 fully saturated rings. The number of ether oxygens (including phenoxy) is 1. The second kappa shape index (κ2) is 6.13. The smallest absolute Gasteiger partial charge is 0.308 e. The predicted molar refractivity (Wildman–Crippen MR) is 67.7 cm³/mol. The Kier molecular flexibility index (Phi) is 4.82. The minimum atomic E-state index is -0.786. The molecule has 0 saturated carbocycles. The molecule has 1 N–H and O–H groups in total. The molecule has 0 aliphatic heterocycles. The number of carboxylic acid groups (broad SMARTS) is 1. The van der Waals surface area contributed by atoms with Crippen LogP contribution in [0.25, 0.3) is 0 Å². The number of para-hydroxylation sites is 2. The molecule has 1 aromatic rings. The van der Waals surface area contributed by atoms with Crippen molar-refractivity contribution in [3.05, 3.63) is 24.3 Å². The maximum Gasteiger partial charge on any atom is 0.308 e. The average Bonchev–Trinajstić information content (AvgIpc) is 2.29. The van der Waals surface area contributed by atoms with Gasteiger partial charge in [0.1, 0.15) is 5.75 Å². The van der Waals surface area contributed by atoms with Crippen LogP contribution in [0.2, 0.25) is 0 Å². The molecule has 4 nitrogen and oxygen atoms in total. The lowest BCUT2D eigenvalue weighted by atomic mass is 10.1. The number of anilines is 1. The van der Waals surface area contributed by atoms with E-state index in [0.29, 0.717) is 13.2 Å². The number of hydrogen-bond donors (Lipinski definition) is 1. The van der Waals surface area contributed by atoms with E-state index in [9.17, 15) is 4.79 Å². The van der Waals surface area contributed by atoms with E-state index in [2.05, 4.69) is 0 Å². The number of rotatable bonds is 6. The maximum atomic E-state index is 10.8. The number of nitrogens with zero attached hydrogens (tertiary/aromatic N) is 1. The number of benzene rings is 1. The molecule has 0 saturated heterocycles. The Morgan fingerprint density at radius 1 is 1.47 bits per heavy atom. The Balaban J connectivity index is 2.80. The molecular formula is C13H19NO3. The van der Waals surface area contributed by atoms with E-state index in [4.69, 9.17) is 9.84 Å². The van der Waals surface area contributed by atoms with Gasteiger partial charge in [-0.25, -0.2) is 0 Å². The summed E-state index contributed by atoms with van der Waals surface area (Å²) in [6.45, 7) is 4.68. The van der Waals surface area contributed by atoms with Crippen LogP contribution in [0.1, 0.15) is 13.8 Å². The van der Waals surface area contributed by atoms with Crippen LogP contribution in [0.3, 0.4) is 0 Å². The minimum Gasteiger partial charge on any atom is -0.492 e. The van der Waals surface area contributed by atoms with Crippen molar-refractivity contribution < 1.29 is 14.6 Å². The third kappa shape index (κ3) is 3.66. The van der Waals surface area contributed by atoms with Crippen LogP contribution in [0.4, 0.5) is 5.69 Å². The second-order valence-corrected chi connectivity index (χ2v) is 4.02. The summed E-state index contributed by atoms with van der Waals surface area (Å²) in [5.74, 6) is -0.407. The third-order valence-electron chi connectivity index (χ3n) is 2.55. The fourth-order valence-corrected chi connectivity index (χ4v) is 1.64. The molecule has 1 rings (SSSR count). The molecular weight excluding hydrogens is 218 g/mol. The topological polar surface area (TPSA) is 49.8 Å². The second-order valence-electron chi connectivity index (χ2n) is 4.02. The summed E-state index contributed by atoms with van der Waals surface area (Å²) >= 11 is 0. The van der Waals surface area contributed by atoms with Crippen molar-refractivity contribution in [1.82, 2.24) is 0 Å². The summed E-state index contributed by atoms with van der Waals surface area (Å²) in [4.78, 5) is 12.7. The molecule has 0 spiro atoms. The first-order chi connectivity index (χ1) is 8.06. The van der Waals surface area contributed by atoms with Crippen molar-refractivity contribution in [3.63, 3.8) is 0 Å². The van der Waals surface area contributed by atoms with Gasteiger partial charge in [0.05, 0.1) is 18.2 Å². The summed E-state index contributed by atoms with van der Waals surface area (Å²) in [5.41, 5.74) is 0.919. The molecule has 0 aliphatic rings. The van der Waals surface area contributed by atoms with E-state index in [1.807, 2.05) is 43.1 Å². The summed E-state index contributed by atoms with van der Waals surface area (Å²) in [6.07, 6.45) is 0. The van der Waals surface area contributed by atoms with Gasteiger partial charge >= 0.3 is 5.97 Å². The van der Waals surface area contributed by atoms with Crippen LogP contribution in [0, 0.1) is 5.92 Å². The zero-order valence-electron chi connectivity index (χ0n) is 10.5. The van der Waals surface area contributed by atoms with E-state index in [1.165, 1.54) is 0 Å². The molecule has 0 bridgehead atoms. The van der Waals surface area contributed by atoms with Crippen molar-refractivity contribution in [2.45, 2.75) is 13.8 Å². The van der Waals surface area contributed by atoms with Crippen LogP contribution < -0.4 is 9.64 Å². The lowest BCUT2D eigenvalue weighted by molar-refractivity contribution is -0.140. The summed E-state index contributed by atoms with van der Waals surface area (Å²) < 4.78 is 5.51. The van der Waals surface area contributed by atoms with Crippen molar-refractivity contribution in [1.29, 1.82) is 0 Å². The van der Waals surface area contributed by atoms with E-state index < -0.39 is 11.9 Å². The van der Waals surface area contributed by atoms with Gasteiger partial charge in [-0.3, -0.25) is 4.79 Å². The first kappa shape index (κ1) is 13.4. The third-order valence-corrected chi connectivity index (χ3v) is 2.55. The first-order valence-electron chi connectivity index (χ1n) is 5.72. The van der Waals surface area contributed by atoms with E-state index in [1.54, 1.807) is 6.92 Å². The molecule has 1 atom stereocenters. The zero-order chi connectivity index (χ0) is 12.8. The first-order valence-corrected chi connectivity index (χ1v) is 5.72. The molecule has 0 heterocycles. The van der Waals surface area contributed by atoms with Crippen molar-refractivity contribution in [3.8, 4) is 5.75 Å². The SMILES string of the molecule is CCOc1ccccc1N(C)CC(C)C(=O)O. The molecule has 4 heteroatoms. The molecule has 1 aromatic carbocycles. The van der Waals surface area contributed by atoms with Gasteiger partial charge in [-0.2, -0.15) is 0 Å². The molecule has 94 valence electrons. The quantitative estimate of drug-likeness (QED) is 0.824. The van der Waals surface area contributed by atoms with Gasteiger partial charge in [0.15, 0.2) is 0 Å². The Morgan fingerprint density at radius 3 is 2.71 bits per heavy atom. The van der Waals surface area contributed by atoms with E-state index in [-0.39, 0.29) is 0 Å². The number of carboxylic acids is 1. The highest BCUT2D eigenvalue weighted by Gasteiger charge is 2.15. The number of carbonyl (C=O) groups is 1. The van der Waals surface area contributed by atoms with Gasteiger partial charge < -0.3 is 14.7 Å². The van der Waals surface area contributed by atoms with Crippen LogP contribution in [-0.2, 0) is 4.79 Å². The standard InChI is InChI=1S/C13H19NO3/c1-4-17-12-8-6-5-7-11(12)14(3)9-10(2)13(15)16/h5-8,10H,4,9H2,1-3H3,(H,15,16). The van der Waals surface area contributed by atoms with Crippen LogP contribution in [-0.4, -0.2) is 31.3 Å². The van der Waals surface area contributed by atoms with Gasteiger partial charge in [-0.15, -0.1) is 0 Å². The highest BCUT2D eigenvalue weighted by molar-refractivity contribution is 5.71. The molecule has 0 aliphatic carbocycles. The number of hydrogen-bond acceptors (Lipinski definition) is 3. The summed E-state index contributed by atoms with van der Waals surface area (Å²) in [5, 5.41) is 8.89. The highest BCUT2D eigenvalue weighted by atomic mass is 16.5. The lowest BCUT2D eigenvalue weighted by Crippen LogP contribution is -2.28. The van der Waals surface area contributed by atoms with Crippen molar-refractivity contribution in [2.75, 3.05) is 25.1 Å². The Labute approximate surface area is 102 Å². The van der Waals surface area contributed by atoms with Crippen LogP contribution in [0.5, 0.6) is 5.75 Å². The molecule has 1 unspecified atom stereocenters. The lowest BCUT2D eigenvalue weighted by Gasteiger charge is -2.23. The Hall–Kier alpha value is -1.71. The molecule has 17 heavy (non-hydrogen) atoms. The molecule has 0 aromatic heterocycles. The van der Waals surface area contributed by atoms with Crippen LogP contribution >= 0.6 is 0 Å². The molecule has 0 amide bonds. The average molecular weight is 237 g/mol. The summed E-state index contributed by atoms with van der Waals surface area (Å²) in [6, 6.07) is 7.64. The normalized spacial score (nSPS) is 11.9. The number of aliphatic carboxylic acids is 1. The van der Waals surface area contributed by atoms with Crippen molar-refractivity contribution in [2.24, 2.45) is 5.92 Å². The molecule has 0 radical (unpaired) electrons. The van der Waals surface area contributed by atoms with Gasteiger partial charge in [-0.05, 0) is 19.1 Å². The maximum absolute atomic E-state index is 10.8. The Morgan fingerprint density at radius 2 is 2.12 bits per heavy atom. The summed E-state index contributed by atoms with van der Waals surface area (Å²) in [7, 11) is 1.87. The monoisotopic (exact) mass is 237 g/mol. The van der Waals surface area contributed by atoms with E-state index >= 15 is 0 Å². The Bertz CT molecular complexity index is 379. The van der Waals surface area contributed by atoms with E-state index in [0.717, 1.165) is 11.4 Å². The van der Waals surface area contributed by atoms with Crippen molar-refractivity contribution >= 4 is 11.7 Å². The van der Waals surface area contributed by atoms with Gasteiger partial charge in [0.2, 0.25) is 0 Å². The fourth-order valence-electron chi connectivity index (χ4n) is 1.64. The van der Waals surface area contributed by atoms with Crippen LogP contribution in [0.15, 0.2) is 24.3 Å². The minimum absolute atomic E-state index is 0.408.